The molecular weight excluding hydrogens is 252 g/mol. The lowest BCUT2D eigenvalue weighted by Gasteiger charge is -2.14. The van der Waals surface area contributed by atoms with Gasteiger partial charge in [-0.05, 0) is 38.8 Å². The van der Waals surface area contributed by atoms with Gasteiger partial charge in [0.25, 0.3) is 0 Å². The van der Waals surface area contributed by atoms with Gasteiger partial charge >= 0.3 is 0 Å². The maximum atomic E-state index is 12.9. The Labute approximate surface area is 119 Å². The highest BCUT2D eigenvalue weighted by Gasteiger charge is 2.24. The number of methoxy groups -OCH3 is 1. The van der Waals surface area contributed by atoms with E-state index >= 15 is 0 Å². The number of hydrogen-bond acceptors (Lipinski definition) is 3. The molecule has 1 aromatic carbocycles. The van der Waals surface area contributed by atoms with Crippen molar-refractivity contribution in [1.29, 1.82) is 0 Å². The molecule has 2 rings (SSSR count). The molecule has 4 nitrogen and oxygen atoms in total. The highest BCUT2D eigenvalue weighted by molar-refractivity contribution is 6.11. The van der Waals surface area contributed by atoms with Crippen molar-refractivity contribution >= 4 is 5.78 Å². The number of carbonyl (C=O) groups is 1. The van der Waals surface area contributed by atoms with Crippen LogP contribution in [-0.4, -0.2) is 22.7 Å². The van der Waals surface area contributed by atoms with Gasteiger partial charge in [0.2, 0.25) is 5.78 Å². The molecule has 0 saturated carbocycles. The molecule has 0 fully saturated rings. The normalized spacial score (nSPS) is 10.9. The van der Waals surface area contributed by atoms with E-state index in [9.17, 15) is 4.79 Å². The average molecular weight is 272 g/mol. The first-order valence-corrected chi connectivity index (χ1v) is 6.69. The summed E-state index contributed by atoms with van der Waals surface area (Å²) in [4.78, 5) is 12.9. The summed E-state index contributed by atoms with van der Waals surface area (Å²) in [6.45, 7) is 7.88. The predicted molar refractivity (Wildman–Crippen MR) is 78.5 cm³/mol. The number of nitrogens with zero attached hydrogens (tertiary/aromatic N) is 2. The highest BCUT2D eigenvalue weighted by Crippen LogP contribution is 2.26. The summed E-state index contributed by atoms with van der Waals surface area (Å²) in [6.07, 6.45) is 1.60. The monoisotopic (exact) mass is 272 g/mol. The molecule has 1 aromatic heterocycles. The minimum atomic E-state index is -0.0383. The third kappa shape index (κ3) is 2.33. The summed E-state index contributed by atoms with van der Waals surface area (Å²) >= 11 is 0. The van der Waals surface area contributed by atoms with Crippen LogP contribution >= 0.6 is 0 Å². The predicted octanol–water partition coefficient (Wildman–Crippen LogP) is 3.32. The summed E-state index contributed by atoms with van der Waals surface area (Å²) in [5.74, 6) is 0.481. The van der Waals surface area contributed by atoms with Gasteiger partial charge in [0.1, 0.15) is 0 Å². The zero-order valence-electron chi connectivity index (χ0n) is 12.6. The molecule has 2 aromatic rings. The molecule has 0 unspecified atom stereocenters. The van der Waals surface area contributed by atoms with E-state index in [1.165, 1.54) is 0 Å². The summed E-state index contributed by atoms with van der Waals surface area (Å²) < 4.78 is 7.01. The van der Waals surface area contributed by atoms with Crippen molar-refractivity contribution < 1.29 is 9.53 Å². The Morgan fingerprint density at radius 2 is 1.85 bits per heavy atom. The Bertz CT molecular complexity index is 622. The second-order valence-electron chi connectivity index (χ2n) is 5.20. The van der Waals surface area contributed by atoms with Crippen LogP contribution in [0.5, 0.6) is 5.75 Å². The lowest BCUT2D eigenvalue weighted by atomic mass is 9.97. The molecule has 0 saturated heterocycles. The Morgan fingerprint density at radius 1 is 1.25 bits per heavy atom. The second kappa shape index (κ2) is 5.49. The summed E-state index contributed by atoms with van der Waals surface area (Å²) in [6, 6.07) is 5.95. The number of aryl methyl sites for hydroxylation is 2. The fourth-order valence-electron chi connectivity index (χ4n) is 2.39. The topological polar surface area (TPSA) is 44.1 Å². The van der Waals surface area contributed by atoms with Crippen LogP contribution in [0.25, 0.3) is 0 Å². The van der Waals surface area contributed by atoms with E-state index in [4.69, 9.17) is 4.74 Å². The first-order chi connectivity index (χ1) is 9.47. The van der Waals surface area contributed by atoms with Crippen LogP contribution in [0.1, 0.15) is 47.1 Å². The van der Waals surface area contributed by atoms with E-state index in [1.807, 2.05) is 45.9 Å². The summed E-state index contributed by atoms with van der Waals surface area (Å²) in [5.41, 5.74) is 3.18. The Hall–Kier alpha value is -2.10. The molecule has 0 radical (unpaired) electrons. The highest BCUT2D eigenvalue weighted by atomic mass is 16.5. The van der Waals surface area contributed by atoms with Crippen molar-refractivity contribution in [2.24, 2.45) is 0 Å². The first-order valence-electron chi connectivity index (χ1n) is 6.69. The fraction of sp³-hybridized carbons (Fsp3) is 0.375. The van der Waals surface area contributed by atoms with E-state index < -0.39 is 0 Å². The number of ketones is 1. The zero-order chi connectivity index (χ0) is 14.9. The summed E-state index contributed by atoms with van der Waals surface area (Å²) in [5, 5.41) is 4.26. The van der Waals surface area contributed by atoms with Crippen LogP contribution in [-0.2, 0) is 0 Å². The molecule has 0 aliphatic heterocycles. The fourth-order valence-corrected chi connectivity index (χ4v) is 2.39. The van der Waals surface area contributed by atoms with Gasteiger partial charge in [-0.1, -0.05) is 18.2 Å². The average Bonchev–Trinajstić information content (AvgIpc) is 2.82. The maximum absolute atomic E-state index is 12.9. The summed E-state index contributed by atoms with van der Waals surface area (Å²) in [7, 11) is 1.56. The minimum Gasteiger partial charge on any atom is -0.493 e. The van der Waals surface area contributed by atoms with Crippen molar-refractivity contribution in [2.75, 3.05) is 7.11 Å². The Kier molecular flexibility index (Phi) is 3.93. The van der Waals surface area contributed by atoms with Gasteiger partial charge in [0.15, 0.2) is 11.4 Å². The van der Waals surface area contributed by atoms with E-state index in [0.29, 0.717) is 11.4 Å². The lowest BCUT2D eigenvalue weighted by molar-refractivity contribution is 0.102. The van der Waals surface area contributed by atoms with Gasteiger partial charge in [0, 0.05) is 11.6 Å². The van der Waals surface area contributed by atoms with Crippen molar-refractivity contribution in [3.8, 4) is 5.75 Å². The van der Waals surface area contributed by atoms with Gasteiger partial charge < -0.3 is 4.74 Å². The van der Waals surface area contributed by atoms with Crippen molar-refractivity contribution in [3.05, 3.63) is 46.8 Å². The van der Waals surface area contributed by atoms with Gasteiger partial charge in [-0.15, -0.1) is 0 Å². The number of benzene rings is 1. The smallest absolute Gasteiger partial charge is 0.215 e. The SMILES string of the molecule is COc1cnn(C(C)C)c1C(=O)c1c(C)cccc1C. The standard InChI is InChI=1S/C16H20N2O2/c1-10(2)18-15(13(20-5)9-17-18)16(19)14-11(3)7-6-8-12(14)4/h6-10H,1-5H3. The van der Waals surface area contributed by atoms with Crippen LogP contribution in [0.3, 0.4) is 0 Å². The van der Waals surface area contributed by atoms with E-state index in [2.05, 4.69) is 5.10 Å². The lowest BCUT2D eigenvalue weighted by Crippen LogP contribution is -2.16. The Balaban J connectivity index is 2.62. The van der Waals surface area contributed by atoms with Crippen molar-refractivity contribution in [3.63, 3.8) is 0 Å². The van der Waals surface area contributed by atoms with E-state index in [1.54, 1.807) is 18.0 Å². The Morgan fingerprint density at radius 3 is 2.35 bits per heavy atom. The van der Waals surface area contributed by atoms with Crippen molar-refractivity contribution in [2.45, 2.75) is 33.7 Å². The van der Waals surface area contributed by atoms with E-state index in [-0.39, 0.29) is 11.8 Å². The molecule has 0 aliphatic carbocycles. The largest absolute Gasteiger partial charge is 0.493 e. The van der Waals surface area contributed by atoms with Crippen LogP contribution in [0.15, 0.2) is 24.4 Å². The molecule has 0 amide bonds. The van der Waals surface area contributed by atoms with Crippen molar-refractivity contribution in [1.82, 2.24) is 9.78 Å². The van der Waals surface area contributed by atoms with Gasteiger partial charge in [-0.25, -0.2) is 0 Å². The number of hydrogen-bond donors (Lipinski definition) is 0. The van der Waals surface area contributed by atoms with Crippen LogP contribution < -0.4 is 4.74 Å². The van der Waals surface area contributed by atoms with Gasteiger partial charge in [-0.2, -0.15) is 5.10 Å². The molecule has 4 heteroatoms. The number of ether oxygens (including phenoxy) is 1. The molecule has 0 bridgehead atoms. The minimum absolute atomic E-state index is 0.0383. The molecule has 0 atom stereocenters. The molecule has 20 heavy (non-hydrogen) atoms. The van der Waals surface area contributed by atoms with Crippen LogP contribution in [0.2, 0.25) is 0 Å². The quantitative estimate of drug-likeness (QED) is 0.802. The molecular formula is C16H20N2O2. The molecule has 0 spiro atoms. The van der Waals surface area contributed by atoms with Gasteiger partial charge in [-0.3, -0.25) is 9.48 Å². The number of carbonyl (C=O) groups excluding carboxylic acids is 1. The zero-order valence-corrected chi connectivity index (χ0v) is 12.6. The first kappa shape index (κ1) is 14.3. The van der Waals surface area contributed by atoms with Gasteiger partial charge in [0.05, 0.1) is 13.3 Å². The van der Waals surface area contributed by atoms with E-state index in [0.717, 1.165) is 16.7 Å². The molecule has 1 heterocycles. The third-order valence-corrected chi connectivity index (χ3v) is 3.39. The molecule has 0 aliphatic rings. The number of aromatic nitrogens is 2. The number of rotatable bonds is 4. The molecule has 106 valence electrons. The third-order valence-electron chi connectivity index (χ3n) is 3.39. The maximum Gasteiger partial charge on any atom is 0.215 e. The van der Waals surface area contributed by atoms with Crippen LogP contribution in [0.4, 0.5) is 0 Å². The molecule has 0 N–H and O–H groups in total. The van der Waals surface area contributed by atoms with Crippen LogP contribution in [0, 0.1) is 13.8 Å². The second-order valence-corrected chi connectivity index (χ2v) is 5.20.